The molecule has 0 radical (unpaired) electrons. The Morgan fingerprint density at radius 3 is 2.53 bits per heavy atom. The van der Waals surface area contributed by atoms with E-state index in [4.69, 9.17) is 10.7 Å². The fourth-order valence-corrected chi connectivity index (χ4v) is 5.04. The number of carbonyl (C=O) groups is 2. The standard InChI is InChI=1S/C23H24F2N4O3/c1-2-3-11-6-13-20(30)16(23(31)32)10-29(18-5-4-12(24)7-17(18)25)22(13)27-21(11)28-8-14-15(9-28)19(14)26/h4-7,14-16,19H,2-3,8-10,26H2,1H3,(H,31,32)/t14-,15+,16?,19?. The van der Waals surface area contributed by atoms with E-state index < -0.39 is 29.3 Å². The number of benzene rings is 1. The summed E-state index contributed by atoms with van der Waals surface area (Å²) in [5, 5.41) is 9.63. The lowest BCUT2D eigenvalue weighted by atomic mass is 9.91. The lowest BCUT2D eigenvalue weighted by molar-refractivity contribution is -0.139. The molecular formula is C23H24F2N4O3. The van der Waals surface area contributed by atoms with E-state index in [0.29, 0.717) is 18.3 Å². The number of carboxylic acid groups (broad SMARTS) is 1. The number of nitrogens with two attached hydrogens (primary N) is 1. The Hall–Kier alpha value is -3.07. The van der Waals surface area contributed by atoms with Gasteiger partial charge in [-0.05, 0) is 42.0 Å². The van der Waals surface area contributed by atoms with Crippen LogP contribution in [0.1, 0.15) is 29.3 Å². The van der Waals surface area contributed by atoms with Crippen LogP contribution in [0.25, 0.3) is 0 Å². The van der Waals surface area contributed by atoms with Crippen LogP contribution in [-0.4, -0.2) is 47.5 Å². The smallest absolute Gasteiger partial charge is 0.316 e. The van der Waals surface area contributed by atoms with E-state index in [0.717, 1.165) is 43.0 Å². The zero-order valence-corrected chi connectivity index (χ0v) is 17.6. The third-order valence-corrected chi connectivity index (χ3v) is 6.84. The van der Waals surface area contributed by atoms with Crippen molar-refractivity contribution in [2.24, 2.45) is 23.5 Å². The summed E-state index contributed by atoms with van der Waals surface area (Å²) in [5.74, 6) is -3.02. The number of Topliss-reactive ketones (excluding diaryl/α,β-unsaturated/α-hetero) is 1. The van der Waals surface area contributed by atoms with Crippen molar-refractivity contribution >= 4 is 29.1 Å². The Balaban J connectivity index is 1.65. The third kappa shape index (κ3) is 3.23. The molecule has 2 fully saturated rings. The van der Waals surface area contributed by atoms with Gasteiger partial charge in [-0.25, -0.2) is 13.8 Å². The van der Waals surface area contributed by atoms with Crippen LogP contribution in [0.5, 0.6) is 0 Å². The molecule has 3 N–H and O–H groups in total. The molecule has 2 aliphatic heterocycles. The molecule has 2 aromatic rings. The van der Waals surface area contributed by atoms with Crippen molar-refractivity contribution in [2.45, 2.75) is 25.8 Å². The molecule has 32 heavy (non-hydrogen) atoms. The van der Waals surface area contributed by atoms with Gasteiger partial charge in [0.2, 0.25) is 0 Å². The molecule has 0 bridgehead atoms. The summed E-state index contributed by atoms with van der Waals surface area (Å²) in [7, 11) is 0. The van der Waals surface area contributed by atoms with Crippen LogP contribution in [0, 0.1) is 29.4 Å². The fraction of sp³-hybridized carbons (Fsp3) is 0.435. The highest BCUT2D eigenvalue weighted by Gasteiger charge is 2.54. The number of aryl methyl sites for hydroxylation is 1. The van der Waals surface area contributed by atoms with Gasteiger partial charge in [0.05, 0.1) is 11.3 Å². The predicted molar refractivity (Wildman–Crippen MR) is 114 cm³/mol. The van der Waals surface area contributed by atoms with Gasteiger partial charge in [-0.3, -0.25) is 9.59 Å². The van der Waals surface area contributed by atoms with Crippen LogP contribution in [0.15, 0.2) is 24.3 Å². The number of halogens is 2. The molecule has 7 nitrogen and oxygen atoms in total. The summed E-state index contributed by atoms with van der Waals surface area (Å²) in [6, 6.07) is 5.00. The maximum Gasteiger partial charge on any atom is 0.316 e. The molecule has 168 valence electrons. The van der Waals surface area contributed by atoms with E-state index >= 15 is 0 Å². The van der Waals surface area contributed by atoms with Crippen LogP contribution in [0.4, 0.5) is 26.1 Å². The van der Waals surface area contributed by atoms with Crippen molar-refractivity contribution in [1.82, 2.24) is 4.98 Å². The molecule has 1 saturated carbocycles. The molecule has 1 aromatic carbocycles. The Labute approximate surface area is 183 Å². The van der Waals surface area contributed by atoms with Crippen LogP contribution in [-0.2, 0) is 11.2 Å². The average Bonchev–Trinajstić information content (AvgIpc) is 3.14. The summed E-state index contributed by atoms with van der Waals surface area (Å²) in [6.45, 7) is 3.28. The largest absolute Gasteiger partial charge is 0.481 e. The Kier molecular flexibility index (Phi) is 4.88. The first-order valence-corrected chi connectivity index (χ1v) is 10.8. The molecule has 2 unspecified atom stereocenters. The van der Waals surface area contributed by atoms with Crippen LogP contribution < -0.4 is 15.5 Å². The number of carbonyl (C=O) groups excluding carboxylic acids is 1. The van der Waals surface area contributed by atoms with Gasteiger partial charge in [0.1, 0.15) is 29.2 Å². The molecule has 0 spiro atoms. The van der Waals surface area contributed by atoms with E-state index in [1.807, 2.05) is 6.92 Å². The van der Waals surface area contributed by atoms with Crippen molar-refractivity contribution in [1.29, 1.82) is 0 Å². The predicted octanol–water partition coefficient (Wildman–Crippen LogP) is 2.74. The van der Waals surface area contributed by atoms with Gasteiger partial charge in [0.25, 0.3) is 0 Å². The number of carboxylic acids is 1. The number of anilines is 3. The highest BCUT2D eigenvalue weighted by Crippen LogP contribution is 2.47. The zero-order chi connectivity index (χ0) is 22.7. The molecule has 1 aromatic heterocycles. The van der Waals surface area contributed by atoms with Gasteiger partial charge in [-0.2, -0.15) is 0 Å². The number of nitrogens with zero attached hydrogens (tertiary/aromatic N) is 3. The SMILES string of the molecule is CCCc1cc2c(nc1N1C[C@@H]3C(N)[C@@H]3C1)N(c1ccc(F)cc1F)CC(C(=O)O)C2=O. The van der Waals surface area contributed by atoms with Gasteiger partial charge >= 0.3 is 5.97 Å². The van der Waals surface area contributed by atoms with Crippen LogP contribution >= 0.6 is 0 Å². The number of hydrogen-bond donors (Lipinski definition) is 2. The maximum atomic E-state index is 14.7. The summed E-state index contributed by atoms with van der Waals surface area (Å²) < 4.78 is 28.2. The minimum absolute atomic E-state index is 0.0145. The summed E-state index contributed by atoms with van der Waals surface area (Å²) in [5.41, 5.74) is 7.08. The topological polar surface area (TPSA) is 99.8 Å². The Morgan fingerprint density at radius 2 is 1.91 bits per heavy atom. The van der Waals surface area contributed by atoms with Crippen molar-refractivity contribution in [2.75, 3.05) is 29.4 Å². The number of pyridine rings is 1. The Morgan fingerprint density at radius 1 is 1.19 bits per heavy atom. The first-order valence-electron chi connectivity index (χ1n) is 10.8. The van der Waals surface area contributed by atoms with E-state index in [9.17, 15) is 23.5 Å². The number of piperidine rings is 1. The summed E-state index contributed by atoms with van der Waals surface area (Å²) >= 11 is 0. The molecule has 0 amide bonds. The first kappa shape index (κ1) is 20.8. The van der Waals surface area contributed by atoms with Gasteiger partial charge < -0.3 is 20.6 Å². The second-order valence-corrected chi connectivity index (χ2v) is 8.86. The molecule has 3 heterocycles. The monoisotopic (exact) mass is 442 g/mol. The van der Waals surface area contributed by atoms with E-state index in [-0.39, 0.29) is 29.7 Å². The van der Waals surface area contributed by atoms with Gasteiger partial charge in [0, 0.05) is 31.7 Å². The van der Waals surface area contributed by atoms with E-state index in [1.54, 1.807) is 6.07 Å². The normalized spacial score (nSPS) is 26.2. The second-order valence-electron chi connectivity index (χ2n) is 8.86. The van der Waals surface area contributed by atoms with Crippen molar-refractivity contribution in [3.05, 3.63) is 47.0 Å². The van der Waals surface area contributed by atoms with Crippen LogP contribution in [0.2, 0.25) is 0 Å². The number of aliphatic carboxylic acids is 1. The second kappa shape index (κ2) is 7.51. The first-order chi connectivity index (χ1) is 15.3. The lowest BCUT2D eigenvalue weighted by Crippen LogP contribution is -2.42. The summed E-state index contributed by atoms with van der Waals surface area (Å²) in [4.78, 5) is 33.2. The minimum atomic E-state index is -1.37. The number of aromatic nitrogens is 1. The van der Waals surface area contributed by atoms with Crippen molar-refractivity contribution < 1.29 is 23.5 Å². The number of ketones is 1. The molecule has 4 atom stereocenters. The maximum absolute atomic E-state index is 14.7. The molecule has 9 heteroatoms. The summed E-state index contributed by atoms with van der Waals surface area (Å²) in [6.07, 6.45) is 1.49. The van der Waals surface area contributed by atoms with Gasteiger partial charge in [-0.15, -0.1) is 0 Å². The minimum Gasteiger partial charge on any atom is -0.481 e. The molecular weight excluding hydrogens is 418 g/mol. The lowest BCUT2D eigenvalue weighted by Gasteiger charge is -2.34. The van der Waals surface area contributed by atoms with Gasteiger partial charge in [-0.1, -0.05) is 13.3 Å². The molecule has 3 aliphatic rings. The fourth-order valence-electron chi connectivity index (χ4n) is 5.04. The van der Waals surface area contributed by atoms with Crippen LogP contribution in [0.3, 0.4) is 0 Å². The highest BCUT2D eigenvalue weighted by molar-refractivity contribution is 6.13. The number of fused-ring (bicyclic) bond motifs is 2. The van der Waals surface area contributed by atoms with E-state index in [1.165, 1.54) is 11.0 Å². The van der Waals surface area contributed by atoms with Crippen molar-refractivity contribution in [3.8, 4) is 0 Å². The number of hydrogen-bond acceptors (Lipinski definition) is 6. The number of rotatable bonds is 5. The quantitative estimate of drug-likeness (QED) is 0.687. The van der Waals surface area contributed by atoms with Gasteiger partial charge in [0.15, 0.2) is 5.78 Å². The molecule has 1 aliphatic carbocycles. The highest BCUT2D eigenvalue weighted by atomic mass is 19.1. The molecule has 5 rings (SSSR count). The van der Waals surface area contributed by atoms with Crippen molar-refractivity contribution in [3.63, 3.8) is 0 Å². The molecule has 1 saturated heterocycles. The third-order valence-electron chi connectivity index (χ3n) is 6.84. The zero-order valence-electron chi connectivity index (χ0n) is 17.6. The Bertz CT molecular complexity index is 1110. The average molecular weight is 442 g/mol. The van der Waals surface area contributed by atoms with E-state index in [2.05, 4.69) is 4.90 Å².